The normalized spacial score (nSPS) is 14.7. The molecule has 0 heterocycles. The summed E-state index contributed by atoms with van der Waals surface area (Å²) in [6, 6.07) is 0. The van der Waals surface area contributed by atoms with Crippen LogP contribution in [-0.2, 0) is 65.4 Å². The zero-order valence-electron chi connectivity index (χ0n) is 60.9. The van der Waals surface area contributed by atoms with Gasteiger partial charge in [0.05, 0.1) is 32.8 Å². The average Bonchev–Trinajstić information content (AvgIpc) is 0.982. The summed E-state index contributed by atoms with van der Waals surface area (Å²) >= 11 is 0. The quantitative estimate of drug-likeness (QED) is 0.0169. The summed E-state index contributed by atoms with van der Waals surface area (Å²) in [7, 11) is -9.99. The molecule has 0 fully saturated rings. The first-order valence-electron chi connectivity index (χ1n) is 37.4. The second-order valence-electron chi connectivity index (χ2n) is 24.5. The van der Waals surface area contributed by atoms with Crippen LogP contribution >= 0.6 is 15.6 Å². The Balaban J connectivity index is 5.42. The molecule has 0 aliphatic carbocycles. The van der Waals surface area contributed by atoms with Crippen LogP contribution in [0.4, 0.5) is 0 Å². The molecular formula is C79H132O17P2. The summed E-state index contributed by atoms with van der Waals surface area (Å²) in [5, 5.41) is 10.6. The SMILES string of the molecule is CC/C=C\C/C=C\C/C=C\C/C=C\C/C=C\CC(=O)OCC(COP(=O)(O)OCC(O)COP(=O)(O)OCC(COC(=O)CCCCCC/C=C\C/C=C\C/C=C\C/C=C\CC)OC(=O)CCCCCCC/C=C\CCCC)OC(=O)CCCCCCC/C=C\CCCCCCCC. The summed E-state index contributed by atoms with van der Waals surface area (Å²) in [6.07, 6.45) is 77.7. The van der Waals surface area contributed by atoms with Crippen molar-refractivity contribution in [3.63, 3.8) is 0 Å². The lowest BCUT2D eigenvalue weighted by Gasteiger charge is -2.21. The van der Waals surface area contributed by atoms with E-state index >= 15 is 0 Å². The highest BCUT2D eigenvalue weighted by atomic mass is 31.2. The zero-order valence-corrected chi connectivity index (χ0v) is 62.7. The number of carbonyl (C=O) groups is 4. The minimum atomic E-state index is -5.00. The van der Waals surface area contributed by atoms with E-state index in [4.69, 9.17) is 37.0 Å². The van der Waals surface area contributed by atoms with Gasteiger partial charge < -0.3 is 33.8 Å². The van der Waals surface area contributed by atoms with Gasteiger partial charge in [0.15, 0.2) is 12.2 Å². The molecule has 0 rings (SSSR count). The highest BCUT2D eigenvalue weighted by Crippen LogP contribution is 2.45. The van der Waals surface area contributed by atoms with E-state index in [0.29, 0.717) is 25.7 Å². The Morgan fingerprint density at radius 2 is 0.582 bits per heavy atom. The van der Waals surface area contributed by atoms with E-state index in [1.165, 1.54) is 51.4 Å². The van der Waals surface area contributed by atoms with Crippen LogP contribution in [-0.4, -0.2) is 96.7 Å². The minimum Gasteiger partial charge on any atom is -0.462 e. The standard InChI is InChI=1S/C79H132O17P2/c1-5-9-13-17-21-25-29-32-35-36-39-41-45-48-52-56-60-64-77(82)89-69-74(95-78(83)65-61-57-53-49-43-28-24-20-16-12-8-4)71-93-97(85,86)91-67-73(80)68-92-98(87,88)94-72-75(96-79(84)66-62-58-54-50-46-42-38-34-31-27-23-19-15-11-7-3)70-90-76(81)63-59-55-51-47-44-40-37-33-30-26-22-18-14-10-6-2/h9-10,13-14,20-22,24-26,32-35,37-39,41,44,47,55,59,73-75,80H,5-8,11-12,15-19,23,27-31,36,40,42-43,45-46,48-54,56-58,60-72H2,1-4H3,(H,85,86)(H,87,88)/b13-9-,14-10-,24-20-,25-21-,26-22-,35-32-,37-33-,38-34-,41-39-,47-44-,59-55-. The van der Waals surface area contributed by atoms with E-state index in [9.17, 15) is 43.2 Å². The number of unbranched alkanes of at least 4 members (excludes halogenated alkanes) is 22. The lowest BCUT2D eigenvalue weighted by Crippen LogP contribution is -2.30. The van der Waals surface area contributed by atoms with Gasteiger partial charge in [-0.2, -0.15) is 0 Å². The monoisotopic (exact) mass is 1410 g/mol. The molecule has 5 atom stereocenters. The molecular weight excluding hydrogens is 1280 g/mol. The molecule has 0 aliphatic heterocycles. The number of aliphatic hydroxyl groups excluding tert-OH is 1. The second-order valence-corrected chi connectivity index (χ2v) is 27.4. The number of hydrogen-bond donors (Lipinski definition) is 3. The maximum Gasteiger partial charge on any atom is 0.472 e. The zero-order chi connectivity index (χ0) is 71.8. The molecule has 0 radical (unpaired) electrons. The number of phosphoric acid groups is 2. The van der Waals surface area contributed by atoms with Crippen LogP contribution < -0.4 is 0 Å². The highest BCUT2D eigenvalue weighted by Gasteiger charge is 2.30. The van der Waals surface area contributed by atoms with Crippen LogP contribution in [0.25, 0.3) is 0 Å². The van der Waals surface area contributed by atoms with Crippen molar-refractivity contribution in [2.24, 2.45) is 0 Å². The maximum absolute atomic E-state index is 13.1. The van der Waals surface area contributed by atoms with E-state index in [-0.39, 0.29) is 25.7 Å². The summed E-state index contributed by atoms with van der Waals surface area (Å²) in [5.74, 6) is -2.37. The van der Waals surface area contributed by atoms with Gasteiger partial charge in [-0.15, -0.1) is 0 Å². The molecule has 19 heteroatoms. The Labute approximate surface area is 593 Å². The molecule has 17 nitrogen and oxygen atoms in total. The van der Waals surface area contributed by atoms with Crippen molar-refractivity contribution in [2.45, 2.75) is 303 Å². The third-order valence-corrected chi connectivity index (χ3v) is 17.0. The van der Waals surface area contributed by atoms with Gasteiger partial charge in [-0.05, 0) is 135 Å². The Morgan fingerprint density at radius 1 is 0.306 bits per heavy atom. The van der Waals surface area contributed by atoms with E-state index in [0.717, 1.165) is 154 Å². The Kier molecular flexibility index (Phi) is 67.2. The van der Waals surface area contributed by atoms with Gasteiger partial charge in [-0.1, -0.05) is 258 Å². The van der Waals surface area contributed by atoms with Crippen LogP contribution in [0.5, 0.6) is 0 Å². The minimum absolute atomic E-state index is 0.0626. The Morgan fingerprint density at radius 3 is 0.949 bits per heavy atom. The number of hydrogen-bond acceptors (Lipinski definition) is 15. The molecule has 98 heavy (non-hydrogen) atoms. The molecule has 0 aliphatic rings. The van der Waals surface area contributed by atoms with Crippen LogP contribution in [0.15, 0.2) is 134 Å². The fourth-order valence-electron chi connectivity index (χ4n) is 9.44. The van der Waals surface area contributed by atoms with Crippen molar-refractivity contribution in [3.05, 3.63) is 134 Å². The predicted molar refractivity (Wildman–Crippen MR) is 399 cm³/mol. The third-order valence-electron chi connectivity index (χ3n) is 15.1. The van der Waals surface area contributed by atoms with Crippen LogP contribution in [0.2, 0.25) is 0 Å². The molecule has 560 valence electrons. The first-order valence-corrected chi connectivity index (χ1v) is 40.4. The van der Waals surface area contributed by atoms with E-state index in [1.807, 2.05) is 18.2 Å². The van der Waals surface area contributed by atoms with Gasteiger partial charge in [0.2, 0.25) is 0 Å². The highest BCUT2D eigenvalue weighted by molar-refractivity contribution is 7.47. The molecule has 0 aromatic carbocycles. The fourth-order valence-corrected chi connectivity index (χ4v) is 11.0. The van der Waals surface area contributed by atoms with Gasteiger partial charge in [0.1, 0.15) is 19.3 Å². The Hall–Kier alpha value is -4.80. The molecule has 0 saturated heterocycles. The van der Waals surface area contributed by atoms with Crippen molar-refractivity contribution in [3.8, 4) is 0 Å². The molecule has 5 unspecified atom stereocenters. The number of phosphoric ester groups is 2. The van der Waals surface area contributed by atoms with Gasteiger partial charge in [-0.25, -0.2) is 9.13 Å². The lowest BCUT2D eigenvalue weighted by atomic mass is 10.1. The third kappa shape index (κ3) is 69.7. The van der Waals surface area contributed by atoms with E-state index in [1.54, 1.807) is 6.08 Å². The largest absolute Gasteiger partial charge is 0.472 e. The topological polar surface area (TPSA) is 237 Å². The number of aliphatic hydroxyl groups is 1. The number of carbonyl (C=O) groups excluding carboxylic acids is 4. The summed E-state index contributed by atoms with van der Waals surface area (Å²) in [5.41, 5.74) is 0. The molecule has 3 N–H and O–H groups in total. The molecule has 0 amide bonds. The van der Waals surface area contributed by atoms with Crippen molar-refractivity contribution in [1.29, 1.82) is 0 Å². The molecule has 0 bridgehead atoms. The Bertz CT molecular complexity index is 2380. The summed E-state index contributed by atoms with van der Waals surface area (Å²) in [6.45, 7) is 4.42. The molecule has 0 aromatic rings. The molecule has 0 saturated carbocycles. The summed E-state index contributed by atoms with van der Waals surface area (Å²) in [4.78, 5) is 72.7. The van der Waals surface area contributed by atoms with Gasteiger partial charge >= 0.3 is 39.5 Å². The van der Waals surface area contributed by atoms with Crippen LogP contribution in [0, 0.1) is 0 Å². The van der Waals surface area contributed by atoms with Crippen molar-refractivity contribution in [1.82, 2.24) is 0 Å². The van der Waals surface area contributed by atoms with Gasteiger partial charge in [0, 0.05) is 19.3 Å². The van der Waals surface area contributed by atoms with Crippen molar-refractivity contribution in [2.75, 3.05) is 39.6 Å². The first-order chi connectivity index (χ1) is 47.7. The smallest absolute Gasteiger partial charge is 0.462 e. The number of ether oxygens (including phenoxy) is 4. The number of rotatable bonds is 69. The first kappa shape index (κ1) is 93.2. The van der Waals surface area contributed by atoms with Crippen LogP contribution in [0.3, 0.4) is 0 Å². The van der Waals surface area contributed by atoms with E-state index < -0.39 is 97.5 Å². The average molecular weight is 1420 g/mol. The fraction of sp³-hybridized carbons (Fsp3) is 0.671. The van der Waals surface area contributed by atoms with Gasteiger partial charge in [-0.3, -0.25) is 37.3 Å². The predicted octanol–water partition coefficient (Wildman–Crippen LogP) is 21.3. The van der Waals surface area contributed by atoms with E-state index in [2.05, 4.69) is 137 Å². The number of esters is 4. The maximum atomic E-state index is 13.1. The number of allylic oxidation sites excluding steroid dienone is 21. The van der Waals surface area contributed by atoms with Crippen LogP contribution in [0.1, 0.15) is 285 Å². The lowest BCUT2D eigenvalue weighted by molar-refractivity contribution is -0.161. The van der Waals surface area contributed by atoms with Crippen molar-refractivity contribution < 1.29 is 80.2 Å². The molecule has 0 aromatic heterocycles. The molecule has 0 spiro atoms. The van der Waals surface area contributed by atoms with Crippen molar-refractivity contribution >= 4 is 39.5 Å². The second kappa shape index (κ2) is 70.6. The van der Waals surface area contributed by atoms with Gasteiger partial charge in [0.25, 0.3) is 0 Å². The summed E-state index contributed by atoms with van der Waals surface area (Å²) < 4.78 is 68.2.